The van der Waals surface area contributed by atoms with Crippen molar-refractivity contribution in [3.8, 4) is 5.75 Å². The lowest BCUT2D eigenvalue weighted by molar-refractivity contribution is -0.137. The van der Waals surface area contributed by atoms with E-state index in [1.54, 1.807) is 36.4 Å². The van der Waals surface area contributed by atoms with E-state index >= 15 is 0 Å². The van der Waals surface area contributed by atoms with E-state index in [1.165, 1.54) is 25.4 Å². The first-order chi connectivity index (χ1) is 13.3. The molecule has 0 unspecified atom stereocenters. The van der Waals surface area contributed by atoms with E-state index in [0.29, 0.717) is 22.8 Å². The Morgan fingerprint density at radius 3 is 2.36 bits per heavy atom. The smallest absolute Gasteiger partial charge is 0.416 e. The van der Waals surface area contributed by atoms with E-state index in [0.717, 1.165) is 12.1 Å². The highest BCUT2D eigenvalue weighted by Gasteiger charge is 2.30. The van der Waals surface area contributed by atoms with E-state index in [2.05, 4.69) is 15.6 Å². The zero-order chi connectivity index (χ0) is 20.1. The first kappa shape index (κ1) is 19.2. The van der Waals surface area contributed by atoms with Gasteiger partial charge in [0.1, 0.15) is 11.6 Å². The summed E-state index contributed by atoms with van der Waals surface area (Å²) in [6.45, 7) is 0. The highest BCUT2D eigenvalue weighted by atomic mass is 19.4. The summed E-state index contributed by atoms with van der Waals surface area (Å²) in [5.41, 5.74) is 0.469. The number of carbonyl (C=O) groups excluding carboxylic acids is 1. The summed E-state index contributed by atoms with van der Waals surface area (Å²) >= 11 is 0. The van der Waals surface area contributed by atoms with Gasteiger partial charge in [-0.15, -0.1) is 0 Å². The fourth-order valence-corrected chi connectivity index (χ4v) is 2.41. The molecule has 8 heteroatoms. The van der Waals surface area contributed by atoms with Crippen LogP contribution in [-0.2, 0) is 6.18 Å². The fourth-order valence-electron chi connectivity index (χ4n) is 2.41. The fraction of sp³-hybridized carbons (Fsp3) is 0.100. The molecule has 0 radical (unpaired) electrons. The molecule has 1 amide bonds. The van der Waals surface area contributed by atoms with Crippen molar-refractivity contribution in [2.75, 3.05) is 17.7 Å². The van der Waals surface area contributed by atoms with E-state index in [-0.39, 0.29) is 11.6 Å². The highest BCUT2D eigenvalue weighted by Crippen LogP contribution is 2.31. The van der Waals surface area contributed by atoms with Crippen LogP contribution in [0.3, 0.4) is 0 Å². The maximum Gasteiger partial charge on any atom is 0.416 e. The predicted octanol–water partition coefficient (Wildman–Crippen LogP) is 5.10. The van der Waals surface area contributed by atoms with Gasteiger partial charge in [-0.2, -0.15) is 13.2 Å². The second kappa shape index (κ2) is 7.99. The monoisotopic (exact) mass is 387 g/mol. The summed E-state index contributed by atoms with van der Waals surface area (Å²) in [4.78, 5) is 16.3. The lowest BCUT2D eigenvalue weighted by Crippen LogP contribution is -2.12. The van der Waals surface area contributed by atoms with Gasteiger partial charge in [0.25, 0.3) is 5.91 Å². The molecule has 0 saturated heterocycles. The van der Waals surface area contributed by atoms with Crippen LogP contribution in [-0.4, -0.2) is 18.0 Å². The van der Waals surface area contributed by atoms with E-state index < -0.39 is 11.7 Å². The number of pyridine rings is 1. The molecule has 0 atom stereocenters. The molecule has 5 nitrogen and oxygen atoms in total. The number of benzene rings is 2. The van der Waals surface area contributed by atoms with Gasteiger partial charge in [0.05, 0.1) is 24.6 Å². The lowest BCUT2D eigenvalue weighted by Gasteiger charge is -2.11. The van der Waals surface area contributed by atoms with Crippen LogP contribution >= 0.6 is 0 Å². The molecular formula is C20H16F3N3O2. The summed E-state index contributed by atoms with van der Waals surface area (Å²) in [6.07, 6.45) is -2.99. The number of rotatable bonds is 5. The molecule has 0 spiro atoms. The molecule has 1 heterocycles. The van der Waals surface area contributed by atoms with E-state index in [9.17, 15) is 18.0 Å². The Morgan fingerprint density at radius 1 is 1.00 bits per heavy atom. The SMILES string of the molecule is COc1ccc(C(=O)Nc2ccc(Nc3cccc(C(F)(F)F)c3)cn2)cc1. The van der Waals surface area contributed by atoms with E-state index in [1.807, 2.05) is 0 Å². The van der Waals surface area contributed by atoms with Crippen LogP contribution in [0.2, 0.25) is 0 Å². The molecule has 0 aliphatic heterocycles. The van der Waals surface area contributed by atoms with Crippen LogP contribution in [0.5, 0.6) is 5.75 Å². The summed E-state index contributed by atoms with van der Waals surface area (Å²) in [5.74, 6) is 0.615. The normalized spacial score (nSPS) is 11.0. The number of nitrogens with zero attached hydrogens (tertiary/aromatic N) is 1. The van der Waals surface area contributed by atoms with E-state index in [4.69, 9.17) is 4.74 Å². The van der Waals surface area contributed by atoms with Crippen molar-refractivity contribution in [2.24, 2.45) is 0 Å². The number of carbonyl (C=O) groups is 1. The van der Waals surface area contributed by atoms with Crippen LogP contribution in [0.1, 0.15) is 15.9 Å². The molecule has 2 N–H and O–H groups in total. The zero-order valence-corrected chi connectivity index (χ0v) is 14.7. The number of anilines is 3. The number of aromatic nitrogens is 1. The van der Waals surface area contributed by atoms with Crippen LogP contribution < -0.4 is 15.4 Å². The first-order valence-electron chi connectivity index (χ1n) is 8.21. The van der Waals surface area contributed by atoms with Crippen molar-refractivity contribution in [2.45, 2.75) is 6.18 Å². The van der Waals surface area contributed by atoms with Crippen LogP contribution in [0.25, 0.3) is 0 Å². The minimum Gasteiger partial charge on any atom is -0.497 e. The van der Waals surface area contributed by atoms with Gasteiger partial charge in [-0.25, -0.2) is 4.98 Å². The molecule has 0 aliphatic rings. The maximum absolute atomic E-state index is 12.8. The molecule has 3 aromatic rings. The van der Waals surface area contributed by atoms with Gasteiger partial charge >= 0.3 is 6.18 Å². The second-order valence-electron chi connectivity index (χ2n) is 5.82. The summed E-state index contributed by atoms with van der Waals surface area (Å²) in [6, 6.07) is 14.6. The Morgan fingerprint density at radius 2 is 1.75 bits per heavy atom. The largest absolute Gasteiger partial charge is 0.497 e. The number of alkyl halides is 3. The lowest BCUT2D eigenvalue weighted by atomic mass is 10.2. The standard InChI is InChI=1S/C20H16F3N3O2/c1-28-17-8-5-13(6-9-17)19(27)26-18-10-7-16(12-24-18)25-15-4-2-3-14(11-15)20(21,22)23/h2-12,25H,1H3,(H,24,26,27). The minimum atomic E-state index is -4.41. The highest BCUT2D eigenvalue weighted by molar-refractivity contribution is 6.03. The summed E-state index contributed by atoms with van der Waals surface area (Å²) < 4.78 is 43.4. The van der Waals surface area contributed by atoms with Crippen molar-refractivity contribution < 1.29 is 22.7 Å². The average molecular weight is 387 g/mol. The van der Waals surface area contributed by atoms with Gasteiger partial charge in [-0.05, 0) is 54.6 Å². The number of hydrogen-bond acceptors (Lipinski definition) is 4. The van der Waals surface area contributed by atoms with Crippen molar-refractivity contribution in [1.29, 1.82) is 0 Å². The third-order valence-corrected chi connectivity index (χ3v) is 3.84. The number of methoxy groups -OCH3 is 1. The van der Waals surface area contributed by atoms with Crippen molar-refractivity contribution >= 4 is 23.1 Å². The van der Waals surface area contributed by atoms with Crippen LogP contribution in [0, 0.1) is 0 Å². The molecule has 2 aromatic carbocycles. The quantitative estimate of drug-likeness (QED) is 0.639. The topological polar surface area (TPSA) is 63.2 Å². The maximum atomic E-state index is 12.8. The van der Waals surface area contributed by atoms with Gasteiger partial charge < -0.3 is 15.4 Å². The molecule has 28 heavy (non-hydrogen) atoms. The molecule has 0 bridgehead atoms. The Bertz CT molecular complexity index is 956. The molecule has 144 valence electrons. The van der Waals surface area contributed by atoms with Gasteiger partial charge in [0.2, 0.25) is 0 Å². The molecular weight excluding hydrogens is 371 g/mol. The second-order valence-corrected chi connectivity index (χ2v) is 5.82. The molecule has 0 saturated carbocycles. The predicted molar refractivity (Wildman–Crippen MR) is 99.9 cm³/mol. The number of nitrogens with one attached hydrogen (secondary N) is 2. The third kappa shape index (κ3) is 4.79. The number of hydrogen-bond donors (Lipinski definition) is 2. The molecule has 0 fully saturated rings. The van der Waals surface area contributed by atoms with Crippen molar-refractivity contribution in [3.63, 3.8) is 0 Å². The summed E-state index contributed by atoms with van der Waals surface area (Å²) in [7, 11) is 1.54. The van der Waals surface area contributed by atoms with Gasteiger partial charge in [0, 0.05) is 11.3 Å². The molecule has 3 rings (SSSR count). The minimum absolute atomic E-state index is 0.284. The Balaban J connectivity index is 1.65. The van der Waals surface area contributed by atoms with Crippen molar-refractivity contribution in [1.82, 2.24) is 4.98 Å². The van der Waals surface area contributed by atoms with Crippen LogP contribution in [0.4, 0.5) is 30.4 Å². The average Bonchev–Trinajstić information content (AvgIpc) is 2.69. The van der Waals surface area contributed by atoms with Crippen molar-refractivity contribution in [3.05, 3.63) is 78.0 Å². The number of ether oxygens (including phenoxy) is 1. The third-order valence-electron chi connectivity index (χ3n) is 3.84. The van der Waals surface area contributed by atoms with Gasteiger partial charge in [0.15, 0.2) is 0 Å². The number of halogens is 3. The zero-order valence-electron chi connectivity index (χ0n) is 14.7. The molecule has 1 aromatic heterocycles. The Kier molecular flexibility index (Phi) is 5.49. The van der Waals surface area contributed by atoms with Crippen LogP contribution in [0.15, 0.2) is 66.9 Å². The number of amides is 1. The van der Waals surface area contributed by atoms with Gasteiger partial charge in [-0.1, -0.05) is 6.07 Å². The first-order valence-corrected chi connectivity index (χ1v) is 8.21. The summed E-state index contributed by atoms with van der Waals surface area (Å²) in [5, 5.41) is 5.50. The van der Waals surface area contributed by atoms with Gasteiger partial charge in [-0.3, -0.25) is 4.79 Å². The Hall–Kier alpha value is -3.55. The Labute approximate surface area is 159 Å². The molecule has 0 aliphatic carbocycles.